The highest BCUT2D eigenvalue weighted by Gasteiger charge is 2.15. The Hall–Kier alpha value is -3.19. The summed E-state index contributed by atoms with van der Waals surface area (Å²) in [6, 6.07) is 20.3. The number of carbonyl (C=O) groups excluding carboxylic acids is 1. The lowest BCUT2D eigenvalue weighted by molar-refractivity contribution is -0.119. The molecule has 0 bridgehead atoms. The number of hydrogen-bond acceptors (Lipinski definition) is 5. The minimum atomic E-state index is -0.0973. The van der Waals surface area contributed by atoms with E-state index in [1.54, 1.807) is 4.68 Å². The lowest BCUT2D eigenvalue weighted by atomic mass is 10.00. The van der Waals surface area contributed by atoms with Crippen LogP contribution in [-0.2, 0) is 4.79 Å². The maximum absolute atomic E-state index is 12.6. The molecule has 4 aromatic rings. The number of aryl methyl sites for hydroxylation is 2. The van der Waals surface area contributed by atoms with Crippen molar-refractivity contribution in [3.05, 3.63) is 77.4 Å². The summed E-state index contributed by atoms with van der Waals surface area (Å²) in [6.45, 7) is 6.12. The monoisotopic (exact) mass is 417 g/mol. The molecule has 7 heteroatoms. The molecule has 1 heterocycles. The summed E-state index contributed by atoms with van der Waals surface area (Å²) in [7, 11) is 0. The van der Waals surface area contributed by atoms with Crippen LogP contribution in [0.1, 0.15) is 29.7 Å². The molecule has 0 fully saturated rings. The summed E-state index contributed by atoms with van der Waals surface area (Å²) in [5.74, 6) is 0.176. The normalized spacial score (nSPS) is 12.1. The molecule has 3 aromatic carbocycles. The molecule has 0 aliphatic heterocycles. The highest BCUT2D eigenvalue weighted by Crippen LogP contribution is 2.25. The Morgan fingerprint density at radius 1 is 1.07 bits per heavy atom. The van der Waals surface area contributed by atoms with E-state index in [0.29, 0.717) is 5.16 Å². The molecular weight excluding hydrogens is 394 g/mol. The zero-order valence-corrected chi connectivity index (χ0v) is 18.0. The first-order valence-corrected chi connectivity index (χ1v) is 10.8. The van der Waals surface area contributed by atoms with Crippen LogP contribution in [0.15, 0.2) is 65.8 Å². The molecule has 4 rings (SSSR count). The van der Waals surface area contributed by atoms with Crippen molar-refractivity contribution in [2.75, 3.05) is 5.75 Å². The van der Waals surface area contributed by atoms with Gasteiger partial charge in [-0.25, -0.2) is 0 Å². The van der Waals surface area contributed by atoms with E-state index in [2.05, 4.69) is 59.0 Å². The first-order valence-electron chi connectivity index (χ1n) is 9.79. The Labute approximate surface area is 179 Å². The number of nitrogens with zero attached hydrogens (tertiary/aromatic N) is 4. The van der Waals surface area contributed by atoms with Gasteiger partial charge in [0.1, 0.15) is 0 Å². The lowest BCUT2D eigenvalue weighted by Crippen LogP contribution is -2.28. The molecule has 1 aromatic heterocycles. The minimum absolute atomic E-state index is 0.0601. The van der Waals surface area contributed by atoms with E-state index in [4.69, 9.17) is 0 Å². The number of carbonyl (C=O) groups is 1. The fraction of sp³-hybridized carbons (Fsp3) is 0.217. The van der Waals surface area contributed by atoms with E-state index < -0.39 is 0 Å². The maximum atomic E-state index is 12.6. The van der Waals surface area contributed by atoms with Gasteiger partial charge in [0.25, 0.3) is 0 Å². The molecule has 0 aliphatic carbocycles. The second kappa shape index (κ2) is 8.67. The van der Waals surface area contributed by atoms with Crippen LogP contribution in [0.3, 0.4) is 0 Å². The topological polar surface area (TPSA) is 72.7 Å². The summed E-state index contributed by atoms with van der Waals surface area (Å²) in [5.41, 5.74) is 4.37. The van der Waals surface area contributed by atoms with Crippen molar-refractivity contribution >= 4 is 28.4 Å². The van der Waals surface area contributed by atoms with Crippen LogP contribution >= 0.6 is 11.8 Å². The second-order valence-corrected chi connectivity index (χ2v) is 8.23. The Morgan fingerprint density at radius 3 is 2.70 bits per heavy atom. The Bertz CT molecular complexity index is 1200. The number of nitrogens with one attached hydrogen (secondary N) is 1. The van der Waals surface area contributed by atoms with Crippen molar-refractivity contribution in [1.29, 1.82) is 0 Å². The fourth-order valence-electron chi connectivity index (χ4n) is 3.41. The number of tetrazole rings is 1. The van der Waals surface area contributed by atoms with E-state index in [1.807, 2.05) is 43.3 Å². The molecule has 0 radical (unpaired) electrons. The van der Waals surface area contributed by atoms with Gasteiger partial charge in [-0.05, 0) is 70.8 Å². The second-order valence-electron chi connectivity index (χ2n) is 7.29. The van der Waals surface area contributed by atoms with Gasteiger partial charge in [0.05, 0.1) is 17.5 Å². The van der Waals surface area contributed by atoms with Crippen LogP contribution in [0.25, 0.3) is 16.5 Å². The zero-order chi connectivity index (χ0) is 21.1. The third-order valence-electron chi connectivity index (χ3n) is 5.18. The van der Waals surface area contributed by atoms with Crippen molar-refractivity contribution in [3.63, 3.8) is 0 Å². The molecule has 0 spiro atoms. The summed E-state index contributed by atoms with van der Waals surface area (Å²) in [4.78, 5) is 12.6. The Morgan fingerprint density at radius 2 is 1.87 bits per heavy atom. The Balaban J connectivity index is 1.43. The summed E-state index contributed by atoms with van der Waals surface area (Å²) < 4.78 is 1.67. The van der Waals surface area contributed by atoms with Crippen molar-refractivity contribution in [2.24, 2.45) is 0 Å². The smallest absolute Gasteiger partial charge is 0.230 e. The molecule has 30 heavy (non-hydrogen) atoms. The SMILES string of the molecule is Cc1ccc(-n2nnnc2SCC(=O)N[C@H](C)c2cccc3ccccc23)cc1C. The molecule has 152 valence electrons. The lowest BCUT2D eigenvalue weighted by Gasteiger charge is -2.16. The van der Waals surface area contributed by atoms with E-state index >= 15 is 0 Å². The van der Waals surface area contributed by atoms with Gasteiger partial charge in [0.2, 0.25) is 11.1 Å². The number of aromatic nitrogens is 4. The first kappa shape index (κ1) is 20.1. The highest BCUT2D eigenvalue weighted by atomic mass is 32.2. The molecule has 0 saturated carbocycles. The van der Waals surface area contributed by atoms with Crippen LogP contribution in [0, 0.1) is 13.8 Å². The first-order chi connectivity index (χ1) is 14.5. The van der Waals surface area contributed by atoms with Crippen molar-refractivity contribution in [1.82, 2.24) is 25.5 Å². The third kappa shape index (κ3) is 4.21. The summed E-state index contributed by atoms with van der Waals surface area (Å²) in [6.07, 6.45) is 0. The molecule has 6 nitrogen and oxygen atoms in total. The number of benzene rings is 3. The van der Waals surface area contributed by atoms with E-state index in [-0.39, 0.29) is 17.7 Å². The summed E-state index contributed by atoms with van der Waals surface area (Å²) in [5, 5.41) is 17.9. The molecule has 0 saturated heterocycles. The molecular formula is C23H23N5OS. The highest BCUT2D eigenvalue weighted by molar-refractivity contribution is 7.99. The molecule has 0 unspecified atom stereocenters. The largest absolute Gasteiger partial charge is 0.349 e. The molecule has 0 aliphatic rings. The van der Waals surface area contributed by atoms with Gasteiger partial charge in [-0.15, -0.1) is 5.10 Å². The number of thioether (sulfide) groups is 1. The molecule has 1 amide bonds. The average Bonchev–Trinajstić information content (AvgIpc) is 3.22. The van der Waals surface area contributed by atoms with Crippen LogP contribution < -0.4 is 5.32 Å². The van der Waals surface area contributed by atoms with Gasteiger partial charge in [-0.2, -0.15) is 4.68 Å². The fourth-order valence-corrected chi connectivity index (χ4v) is 4.11. The van der Waals surface area contributed by atoms with E-state index in [9.17, 15) is 4.79 Å². The Kier molecular flexibility index (Phi) is 5.81. The van der Waals surface area contributed by atoms with Crippen molar-refractivity contribution in [2.45, 2.75) is 32.0 Å². The van der Waals surface area contributed by atoms with Crippen molar-refractivity contribution < 1.29 is 4.79 Å². The van der Waals surface area contributed by atoms with Crippen LogP contribution in [0.2, 0.25) is 0 Å². The quantitative estimate of drug-likeness (QED) is 0.471. The summed E-state index contributed by atoms with van der Waals surface area (Å²) >= 11 is 1.32. The number of fused-ring (bicyclic) bond motifs is 1. The van der Waals surface area contributed by atoms with Crippen LogP contribution in [0.4, 0.5) is 0 Å². The standard InChI is InChI=1S/C23H23N5OS/c1-15-11-12-19(13-16(15)2)28-23(25-26-27-28)30-14-22(29)24-17(3)20-10-6-8-18-7-4-5-9-21(18)20/h4-13,17H,14H2,1-3H3,(H,24,29)/t17-/m1/s1. The number of hydrogen-bond donors (Lipinski definition) is 1. The van der Waals surface area contributed by atoms with Crippen LogP contribution in [-0.4, -0.2) is 31.9 Å². The van der Waals surface area contributed by atoms with Crippen LogP contribution in [0.5, 0.6) is 0 Å². The van der Waals surface area contributed by atoms with Gasteiger partial charge < -0.3 is 5.32 Å². The zero-order valence-electron chi connectivity index (χ0n) is 17.2. The average molecular weight is 418 g/mol. The predicted octanol–water partition coefficient (Wildman–Crippen LogP) is 4.40. The van der Waals surface area contributed by atoms with Gasteiger partial charge in [-0.3, -0.25) is 4.79 Å². The number of rotatable bonds is 6. The van der Waals surface area contributed by atoms with Crippen molar-refractivity contribution in [3.8, 4) is 5.69 Å². The minimum Gasteiger partial charge on any atom is -0.349 e. The molecule has 1 atom stereocenters. The van der Waals surface area contributed by atoms with Gasteiger partial charge in [0, 0.05) is 0 Å². The molecule has 1 N–H and O–H groups in total. The maximum Gasteiger partial charge on any atom is 0.230 e. The third-order valence-corrected chi connectivity index (χ3v) is 6.09. The number of amides is 1. The van der Waals surface area contributed by atoms with E-state index in [0.717, 1.165) is 22.0 Å². The van der Waals surface area contributed by atoms with Gasteiger partial charge in [0.15, 0.2) is 0 Å². The van der Waals surface area contributed by atoms with Gasteiger partial charge in [-0.1, -0.05) is 60.3 Å². The van der Waals surface area contributed by atoms with Gasteiger partial charge >= 0.3 is 0 Å². The van der Waals surface area contributed by atoms with E-state index in [1.165, 1.54) is 22.9 Å². The predicted molar refractivity (Wildman–Crippen MR) is 120 cm³/mol.